The molecule has 0 spiro atoms. The van der Waals surface area contributed by atoms with Gasteiger partial charge < -0.3 is 14.4 Å². The SMILES string of the molecule is CO[C@@H]1C(=O)N2CCCO[C@H]2C1(C)C. The Bertz CT molecular complexity index is 252. The summed E-state index contributed by atoms with van der Waals surface area (Å²) in [4.78, 5) is 13.7. The van der Waals surface area contributed by atoms with Gasteiger partial charge in [0.2, 0.25) is 0 Å². The number of amides is 1. The fraction of sp³-hybridized carbons (Fsp3) is 0.900. The second kappa shape index (κ2) is 3.21. The number of carbonyl (C=O) groups excluding carboxylic acids is 1. The highest BCUT2D eigenvalue weighted by molar-refractivity contribution is 5.84. The largest absolute Gasteiger partial charge is 0.371 e. The summed E-state index contributed by atoms with van der Waals surface area (Å²) in [5.74, 6) is 0.0715. The van der Waals surface area contributed by atoms with Gasteiger partial charge in [-0.1, -0.05) is 13.8 Å². The summed E-state index contributed by atoms with van der Waals surface area (Å²) in [6, 6.07) is 0. The van der Waals surface area contributed by atoms with Crippen LogP contribution in [0.1, 0.15) is 20.3 Å². The molecule has 14 heavy (non-hydrogen) atoms. The number of fused-ring (bicyclic) bond motifs is 1. The lowest BCUT2D eigenvalue weighted by molar-refractivity contribution is -0.148. The van der Waals surface area contributed by atoms with E-state index in [1.807, 2.05) is 13.8 Å². The highest BCUT2D eigenvalue weighted by Crippen LogP contribution is 2.40. The minimum Gasteiger partial charge on any atom is -0.371 e. The summed E-state index contributed by atoms with van der Waals surface area (Å²) in [5.41, 5.74) is -0.244. The van der Waals surface area contributed by atoms with Crippen molar-refractivity contribution in [2.45, 2.75) is 32.6 Å². The molecule has 4 nitrogen and oxygen atoms in total. The number of carbonyl (C=O) groups is 1. The summed E-state index contributed by atoms with van der Waals surface area (Å²) in [6.45, 7) is 5.59. The van der Waals surface area contributed by atoms with E-state index in [0.29, 0.717) is 0 Å². The maximum absolute atomic E-state index is 11.9. The van der Waals surface area contributed by atoms with E-state index in [1.165, 1.54) is 0 Å². The van der Waals surface area contributed by atoms with Crippen molar-refractivity contribution >= 4 is 5.91 Å². The predicted molar refractivity (Wildman–Crippen MR) is 50.6 cm³/mol. The number of hydrogen-bond acceptors (Lipinski definition) is 3. The molecule has 0 radical (unpaired) electrons. The molecule has 1 amide bonds. The van der Waals surface area contributed by atoms with Crippen LogP contribution in [0.15, 0.2) is 0 Å². The molecule has 0 aromatic carbocycles. The molecule has 0 bridgehead atoms. The number of rotatable bonds is 1. The molecule has 2 saturated heterocycles. The molecule has 2 atom stereocenters. The van der Waals surface area contributed by atoms with E-state index >= 15 is 0 Å². The molecule has 2 fully saturated rings. The van der Waals surface area contributed by atoms with E-state index < -0.39 is 0 Å². The van der Waals surface area contributed by atoms with Crippen LogP contribution < -0.4 is 0 Å². The van der Waals surface area contributed by atoms with Crippen molar-refractivity contribution in [3.8, 4) is 0 Å². The van der Waals surface area contributed by atoms with Crippen LogP contribution in [0.25, 0.3) is 0 Å². The zero-order chi connectivity index (χ0) is 10.3. The van der Waals surface area contributed by atoms with Crippen molar-refractivity contribution < 1.29 is 14.3 Å². The first-order valence-electron chi connectivity index (χ1n) is 5.04. The average molecular weight is 199 g/mol. The van der Waals surface area contributed by atoms with Crippen molar-refractivity contribution in [3.05, 3.63) is 0 Å². The molecule has 0 unspecified atom stereocenters. The Kier molecular flexibility index (Phi) is 2.27. The molecule has 0 saturated carbocycles. The van der Waals surface area contributed by atoms with Gasteiger partial charge in [-0.15, -0.1) is 0 Å². The molecule has 4 heteroatoms. The van der Waals surface area contributed by atoms with Gasteiger partial charge in [0.25, 0.3) is 5.91 Å². The Hall–Kier alpha value is -0.610. The molecule has 0 N–H and O–H groups in total. The first-order valence-corrected chi connectivity index (χ1v) is 5.04. The van der Waals surface area contributed by atoms with Crippen LogP contribution in [-0.2, 0) is 14.3 Å². The second-order valence-corrected chi connectivity index (χ2v) is 4.55. The van der Waals surface area contributed by atoms with Crippen LogP contribution in [-0.4, -0.2) is 43.4 Å². The number of nitrogens with zero attached hydrogens (tertiary/aromatic N) is 1. The Balaban J connectivity index is 2.29. The van der Waals surface area contributed by atoms with Gasteiger partial charge in [-0.25, -0.2) is 0 Å². The van der Waals surface area contributed by atoms with Crippen LogP contribution in [0, 0.1) is 5.41 Å². The lowest BCUT2D eigenvalue weighted by Gasteiger charge is -2.36. The fourth-order valence-electron chi connectivity index (χ4n) is 2.48. The molecule has 80 valence electrons. The van der Waals surface area contributed by atoms with E-state index in [9.17, 15) is 4.79 Å². The van der Waals surface area contributed by atoms with Crippen LogP contribution in [0.3, 0.4) is 0 Å². The molecule has 2 heterocycles. The standard InChI is InChI=1S/C10H17NO3/c1-10(2)7(13-3)8(12)11-5-4-6-14-9(10)11/h7,9H,4-6H2,1-3H3/t7-,9+/m1/s1. The van der Waals surface area contributed by atoms with E-state index in [1.54, 1.807) is 12.0 Å². The fourth-order valence-corrected chi connectivity index (χ4v) is 2.48. The summed E-state index contributed by atoms with van der Waals surface area (Å²) < 4.78 is 10.9. The van der Waals surface area contributed by atoms with Gasteiger partial charge in [0.15, 0.2) is 0 Å². The summed E-state index contributed by atoms with van der Waals surface area (Å²) >= 11 is 0. The summed E-state index contributed by atoms with van der Waals surface area (Å²) in [6.07, 6.45) is 0.466. The zero-order valence-corrected chi connectivity index (χ0v) is 8.95. The van der Waals surface area contributed by atoms with Crippen molar-refractivity contribution in [1.82, 2.24) is 4.90 Å². The lowest BCUT2D eigenvalue weighted by atomic mass is 9.87. The van der Waals surface area contributed by atoms with Gasteiger partial charge in [-0.3, -0.25) is 4.79 Å². The number of hydrogen-bond donors (Lipinski definition) is 0. The third kappa shape index (κ3) is 1.17. The van der Waals surface area contributed by atoms with Crippen LogP contribution in [0.4, 0.5) is 0 Å². The Labute approximate surface area is 84.2 Å². The van der Waals surface area contributed by atoms with Gasteiger partial charge in [0, 0.05) is 19.1 Å². The summed E-state index contributed by atoms with van der Waals surface area (Å²) in [5, 5.41) is 0. The van der Waals surface area contributed by atoms with E-state index in [2.05, 4.69) is 0 Å². The molecule has 0 aliphatic carbocycles. The monoisotopic (exact) mass is 199 g/mol. The molecule has 0 aromatic heterocycles. The zero-order valence-electron chi connectivity index (χ0n) is 8.95. The van der Waals surface area contributed by atoms with Crippen molar-refractivity contribution in [3.63, 3.8) is 0 Å². The number of ether oxygens (including phenoxy) is 2. The molecule has 0 aromatic rings. The van der Waals surface area contributed by atoms with E-state index in [0.717, 1.165) is 19.6 Å². The van der Waals surface area contributed by atoms with Crippen LogP contribution in [0.5, 0.6) is 0 Å². The second-order valence-electron chi connectivity index (χ2n) is 4.55. The van der Waals surface area contributed by atoms with Gasteiger partial charge in [0.1, 0.15) is 12.3 Å². The Morgan fingerprint density at radius 3 is 2.86 bits per heavy atom. The highest BCUT2D eigenvalue weighted by Gasteiger charge is 2.55. The van der Waals surface area contributed by atoms with Gasteiger partial charge in [0.05, 0.1) is 6.61 Å². The van der Waals surface area contributed by atoms with E-state index in [4.69, 9.17) is 9.47 Å². The molecular formula is C10H17NO3. The van der Waals surface area contributed by atoms with Gasteiger partial charge >= 0.3 is 0 Å². The molecular weight excluding hydrogens is 182 g/mol. The first kappa shape index (κ1) is 9.93. The van der Waals surface area contributed by atoms with Crippen LogP contribution in [0.2, 0.25) is 0 Å². The minimum atomic E-state index is -0.356. The normalized spacial score (nSPS) is 35.9. The van der Waals surface area contributed by atoms with Crippen molar-refractivity contribution in [2.24, 2.45) is 5.41 Å². The Morgan fingerprint density at radius 2 is 2.29 bits per heavy atom. The van der Waals surface area contributed by atoms with E-state index in [-0.39, 0.29) is 23.7 Å². The van der Waals surface area contributed by atoms with Crippen LogP contribution >= 0.6 is 0 Å². The maximum Gasteiger partial charge on any atom is 0.254 e. The third-order valence-electron chi connectivity index (χ3n) is 3.16. The quantitative estimate of drug-likeness (QED) is 0.621. The van der Waals surface area contributed by atoms with Crippen molar-refractivity contribution in [1.29, 1.82) is 0 Å². The van der Waals surface area contributed by atoms with Gasteiger partial charge in [-0.2, -0.15) is 0 Å². The number of methoxy groups -OCH3 is 1. The predicted octanol–water partition coefficient (Wildman–Crippen LogP) is 0.616. The highest BCUT2D eigenvalue weighted by atomic mass is 16.5. The third-order valence-corrected chi connectivity index (χ3v) is 3.16. The average Bonchev–Trinajstić information content (AvgIpc) is 2.36. The molecule has 2 aliphatic heterocycles. The minimum absolute atomic E-state index is 0.0715. The summed E-state index contributed by atoms with van der Waals surface area (Å²) in [7, 11) is 1.59. The smallest absolute Gasteiger partial charge is 0.254 e. The lowest BCUT2D eigenvalue weighted by Crippen LogP contribution is -2.45. The maximum atomic E-state index is 11.9. The first-order chi connectivity index (χ1) is 6.59. The van der Waals surface area contributed by atoms with Crippen molar-refractivity contribution in [2.75, 3.05) is 20.3 Å². The topological polar surface area (TPSA) is 38.8 Å². The molecule has 2 aliphatic rings. The van der Waals surface area contributed by atoms with Gasteiger partial charge in [-0.05, 0) is 6.42 Å². The molecule has 2 rings (SSSR count). The Morgan fingerprint density at radius 1 is 1.57 bits per heavy atom.